The van der Waals surface area contributed by atoms with Crippen molar-refractivity contribution in [3.63, 3.8) is 0 Å². The van der Waals surface area contributed by atoms with Crippen LogP contribution in [0.1, 0.15) is 38.5 Å². The molecule has 0 spiro atoms. The lowest BCUT2D eigenvalue weighted by molar-refractivity contribution is -0.136. The summed E-state index contributed by atoms with van der Waals surface area (Å²) in [5.74, 6) is -0.0258. The molecule has 0 unspecified atom stereocenters. The number of amides is 1. The molecule has 122 valence electrons. The smallest absolute Gasteiger partial charge is 0.281 e. The summed E-state index contributed by atoms with van der Waals surface area (Å²) in [5, 5.41) is 0. The van der Waals surface area contributed by atoms with Gasteiger partial charge in [-0.25, -0.2) is 0 Å². The lowest BCUT2D eigenvalue weighted by Gasteiger charge is -2.35. The van der Waals surface area contributed by atoms with Crippen molar-refractivity contribution in [2.75, 3.05) is 40.3 Å². The van der Waals surface area contributed by atoms with Gasteiger partial charge in [-0.15, -0.1) is 0 Å². The average molecular weight is 317 g/mol. The Labute approximate surface area is 128 Å². The van der Waals surface area contributed by atoms with Crippen molar-refractivity contribution in [3.8, 4) is 0 Å². The van der Waals surface area contributed by atoms with Crippen molar-refractivity contribution < 1.29 is 13.2 Å². The molecule has 2 aliphatic rings. The second-order valence-electron chi connectivity index (χ2n) is 6.23. The molecule has 0 aromatic rings. The largest absolute Gasteiger partial charge is 0.342 e. The first-order valence-electron chi connectivity index (χ1n) is 7.89. The van der Waals surface area contributed by atoms with E-state index in [2.05, 4.69) is 0 Å². The van der Waals surface area contributed by atoms with E-state index in [-0.39, 0.29) is 11.8 Å². The Morgan fingerprint density at radius 2 is 1.62 bits per heavy atom. The van der Waals surface area contributed by atoms with Gasteiger partial charge in [0.25, 0.3) is 10.2 Å². The summed E-state index contributed by atoms with van der Waals surface area (Å²) in [6, 6.07) is 0. The van der Waals surface area contributed by atoms with E-state index in [0.717, 1.165) is 38.8 Å². The average Bonchev–Trinajstić information content (AvgIpc) is 2.75. The number of nitrogens with zero attached hydrogens (tertiary/aromatic N) is 3. The van der Waals surface area contributed by atoms with Gasteiger partial charge in [-0.05, 0) is 25.7 Å². The Kier molecular flexibility index (Phi) is 5.62. The molecule has 2 fully saturated rings. The van der Waals surface area contributed by atoms with E-state index in [4.69, 9.17) is 0 Å². The van der Waals surface area contributed by atoms with E-state index in [1.54, 1.807) is 0 Å². The van der Waals surface area contributed by atoms with Crippen LogP contribution in [0, 0.1) is 5.92 Å². The number of hydrogen-bond acceptors (Lipinski definition) is 3. The number of piperidine rings is 1. The first-order chi connectivity index (χ1) is 9.93. The summed E-state index contributed by atoms with van der Waals surface area (Å²) in [4.78, 5) is 14.6. The lowest BCUT2D eigenvalue weighted by atomic mass is 9.98. The maximum absolute atomic E-state index is 12.6. The summed E-state index contributed by atoms with van der Waals surface area (Å²) in [6.07, 6.45) is 6.08. The van der Waals surface area contributed by atoms with E-state index < -0.39 is 10.2 Å². The first-order valence-corrected chi connectivity index (χ1v) is 9.29. The Morgan fingerprint density at radius 1 is 1.00 bits per heavy atom. The number of likely N-dealkylation sites (tertiary alicyclic amines) is 1. The van der Waals surface area contributed by atoms with Gasteiger partial charge in [-0.2, -0.15) is 17.0 Å². The third-order valence-corrected chi connectivity index (χ3v) is 6.35. The third kappa shape index (κ3) is 3.96. The van der Waals surface area contributed by atoms with Crippen LogP contribution in [0.15, 0.2) is 0 Å². The number of hydrogen-bond donors (Lipinski definition) is 0. The summed E-state index contributed by atoms with van der Waals surface area (Å²) in [5.41, 5.74) is 0. The highest BCUT2D eigenvalue weighted by Crippen LogP contribution is 2.23. The fourth-order valence-electron chi connectivity index (χ4n) is 3.13. The second kappa shape index (κ2) is 7.07. The molecule has 1 amide bonds. The van der Waals surface area contributed by atoms with Gasteiger partial charge in [0, 0.05) is 40.3 Å². The Balaban J connectivity index is 2.01. The zero-order chi connectivity index (χ0) is 15.5. The number of rotatable bonds is 3. The van der Waals surface area contributed by atoms with Crippen molar-refractivity contribution >= 4 is 16.1 Å². The summed E-state index contributed by atoms with van der Waals surface area (Å²) < 4.78 is 27.1. The SMILES string of the molecule is CN(C)S(=O)(=O)N1CCC[C@@H](C(=O)N2CCCCCC2)C1. The quantitative estimate of drug-likeness (QED) is 0.777. The summed E-state index contributed by atoms with van der Waals surface area (Å²) >= 11 is 0. The fraction of sp³-hybridized carbons (Fsp3) is 0.929. The van der Waals surface area contributed by atoms with Crippen LogP contribution in [0.2, 0.25) is 0 Å². The molecule has 0 aliphatic carbocycles. The third-order valence-electron chi connectivity index (χ3n) is 4.44. The minimum Gasteiger partial charge on any atom is -0.342 e. The van der Waals surface area contributed by atoms with E-state index in [9.17, 15) is 13.2 Å². The van der Waals surface area contributed by atoms with Gasteiger partial charge in [0.1, 0.15) is 0 Å². The highest BCUT2D eigenvalue weighted by Gasteiger charge is 2.35. The topological polar surface area (TPSA) is 60.9 Å². The Bertz CT molecular complexity index is 456. The highest BCUT2D eigenvalue weighted by atomic mass is 32.2. The molecule has 1 atom stereocenters. The molecule has 0 aromatic heterocycles. The van der Waals surface area contributed by atoms with Crippen LogP contribution in [-0.2, 0) is 15.0 Å². The second-order valence-corrected chi connectivity index (χ2v) is 8.37. The maximum atomic E-state index is 12.6. The molecule has 0 bridgehead atoms. The van der Waals surface area contributed by atoms with Crippen LogP contribution >= 0.6 is 0 Å². The van der Waals surface area contributed by atoms with Crippen molar-refractivity contribution in [3.05, 3.63) is 0 Å². The van der Waals surface area contributed by atoms with E-state index in [1.165, 1.54) is 35.5 Å². The van der Waals surface area contributed by atoms with E-state index in [1.807, 2.05) is 4.90 Å². The summed E-state index contributed by atoms with van der Waals surface area (Å²) in [7, 11) is -0.334. The van der Waals surface area contributed by atoms with Crippen LogP contribution in [-0.4, -0.2) is 68.1 Å². The lowest BCUT2D eigenvalue weighted by Crippen LogP contribution is -2.49. The molecule has 2 saturated heterocycles. The van der Waals surface area contributed by atoms with E-state index >= 15 is 0 Å². The van der Waals surface area contributed by atoms with Crippen molar-refractivity contribution in [1.82, 2.24) is 13.5 Å². The highest BCUT2D eigenvalue weighted by molar-refractivity contribution is 7.86. The van der Waals surface area contributed by atoms with Gasteiger partial charge in [0.2, 0.25) is 5.91 Å². The minimum atomic E-state index is -3.41. The molecule has 2 rings (SSSR count). The molecule has 0 N–H and O–H groups in total. The van der Waals surface area contributed by atoms with Crippen LogP contribution < -0.4 is 0 Å². The molecule has 0 aromatic carbocycles. The molecule has 0 saturated carbocycles. The van der Waals surface area contributed by atoms with Gasteiger partial charge in [-0.3, -0.25) is 4.79 Å². The zero-order valence-corrected chi connectivity index (χ0v) is 13.9. The van der Waals surface area contributed by atoms with Crippen LogP contribution in [0.3, 0.4) is 0 Å². The molecular formula is C14H27N3O3S. The molecule has 21 heavy (non-hydrogen) atoms. The first kappa shape index (κ1) is 16.7. The predicted octanol–water partition coefficient (Wildman–Crippen LogP) is 0.907. The Hall–Kier alpha value is -0.660. The molecule has 7 heteroatoms. The predicted molar refractivity (Wildman–Crippen MR) is 82.0 cm³/mol. The van der Waals surface area contributed by atoms with Gasteiger partial charge in [0.15, 0.2) is 0 Å². The van der Waals surface area contributed by atoms with Gasteiger partial charge in [0.05, 0.1) is 5.92 Å². The van der Waals surface area contributed by atoms with Gasteiger partial charge >= 0.3 is 0 Å². The number of carbonyl (C=O) groups is 1. The maximum Gasteiger partial charge on any atom is 0.281 e. The number of carbonyl (C=O) groups excluding carboxylic acids is 1. The molecule has 0 radical (unpaired) electrons. The van der Waals surface area contributed by atoms with Crippen LogP contribution in [0.5, 0.6) is 0 Å². The monoisotopic (exact) mass is 317 g/mol. The van der Waals surface area contributed by atoms with Gasteiger partial charge in [-0.1, -0.05) is 12.8 Å². The van der Waals surface area contributed by atoms with Crippen molar-refractivity contribution in [2.45, 2.75) is 38.5 Å². The van der Waals surface area contributed by atoms with Gasteiger partial charge < -0.3 is 4.90 Å². The molecule has 6 nitrogen and oxygen atoms in total. The normalized spacial score (nSPS) is 25.9. The molecule has 2 aliphatic heterocycles. The van der Waals surface area contributed by atoms with Crippen LogP contribution in [0.25, 0.3) is 0 Å². The van der Waals surface area contributed by atoms with Crippen molar-refractivity contribution in [1.29, 1.82) is 0 Å². The molecule has 2 heterocycles. The van der Waals surface area contributed by atoms with Crippen LogP contribution in [0.4, 0.5) is 0 Å². The zero-order valence-electron chi connectivity index (χ0n) is 13.1. The summed E-state index contributed by atoms with van der Waals surface area (Å²) in [6.45, 7) is 2.51. The fourth-order valence-corrected chi connectivity index (χ4v) is 4.32. The molecular weight excluding hydrogens is 290 g/mol. The Morgan fingerprint density at radius 3 is 2.19 bits per heavy atom. The van der Waals surface area contributed by atoms with Crippen molar-refractivity contribution in [2.24, 2.45) is 5.92 Å². The minimum absolute atomic E-state index is 0.149. The van der Waals surface area contributed by atoms with E-state index in [0.29, 0.717) is 13.1 Å². The standard InChI is InChI=1S/C14H27N3O3S/c1-15(2)21(19,20)17-11-7-8-13(12-17)14(18)16-9-5-3-4-6-10-16/h13H,3-12H2,1-2H3/t13-/m1/s1.